The summed E-state index contributed by atoms with van der Waals surface area (Å²) in [5, 5.41) is 17.6. The molecule has 1 aliphatic rings. The lowest BCUT2D eigenvalue weighted by Crippen LogP contribution is -2.18. The Kier molecular flexibility index (Phi) is 5.44. The van der Waals surface area contributed by atoms with Gasteiger partial charge in [-0.05, 0) is 36.5 Å². The van der Waals surface area contributed by atoms with Gasteiger partial charge >= 0.3 is 0 Å². The van der Waals surface area contributed by atoms with E-state index in [2.05, 4.69) is 12.2 Å². The maximum atomic E-state index is 14.9. The third kappa shape index (κ3) is 3.54. The fourth-order valence-electron chi connectivity index (χ4n) is 3.97. The first-order chi connectivity index (χ1) is 13.7. The van der Waals surface area contributed by atoms with Gasteiger partial charge in [-0.15, -0.1) is 0 Å². The number of aliphatic hydroxyl groups excluding tert-OH is 1. The summed E-state index contributed by atoms with van der Waals surface area (Å²) in [6, 6.07) is 15.1. The number of halogens is 1. The maximum Gasteiger partial charge on any atom is 0.131 e. The van der Waals surface area contributed by atoms with E-state index in [-0.39, 0.29) is 18.3 Å². The van der Waals surface area contributed by atoms with Gasteiger partial charge in [-0.3, -0.25) is 0 Å². The van der Waals surface area contributed by atoms with E-state index in [1.54, 1.807) is 6.07 Å². The highest BCUT2D eigenvalue weighted by molar-refractivity contribution is 5.64. The lowest BCUT2D eigenvalue weighted by molar-refractivity contribution is 0.288. The van der Waals surface area contributed by atoms with E-state index in [0.717, 1.165) is 54.1 Å². The van der Waals surface area contributed by atoms with Gasteiger partial charge in [0.05, 0.1) is 5.69 Å². The second-order valence-electron chi connectivity index (χ2n) is 7.37. The van der Waals surface area contributed by atoms with E-state index in [0.29, 0.717) is 12.0 Å². The van der Waals surface area contributed by atoms with Crippen molar-refractivity contribution in [2.24, 2.45) is 0 Å². The van der Waals surface area contributed by atoms with Gasteiger partial charge in [-0.25, -0.2) is 9.07 Å². The van der Waals surface area contributed by atoms with Gasteiger partial charge in [0.25, 0.3) is 0 Å². The standard InChI is InChI=1S/C23H26FN3O/c1-16(18-10-11-19(21(24)15-18)17-7-3-2-4-8-17)22-20(9-5-14-28)23-25-12-6-13-27(23)26-22/h2-4,7-8,10-11,15-16,25,28H,5-6,9,12-14H2,1H3. The molecule has 1 aliphatic heterocycles. The molecule has 0 aliphatic carbocycles. The number of anilines is 1. The molecule has 146 valence electrons. The van der Waals surface area contributed by atoms with Crippen LogP contribution in [0.15, 0.2) is 48.5 Å². The minimum absolute atomic E-state index is 0.0204. The van der Waals surface area contributed by atoms with E-state index in [1.165, 1.54) is 0 Å². The Balaban J connectivity index is 1.69. The van der Waals surface area contributed by atoms with E-state index < -0.39 is 0 Å². The number of fused-ring (bicyclic) bond motifs is 1. The molecule has 2 N–H and O–H groups in total. The smallest absolute Gasteiger partial charge is 0.131 e. The molecular formula is C23H26FN3O. The number of aliphatic hydroxyl groups is 1. The Morgan fingerprint density at radius 2 is 2.04 bits per heavy atom. The molecule has 0 saturated heterocycles. The monoisotopic (exact) mass is 379 g/mol. The Hall–Kier alpha value is -2.66. The van der Waals surface area contributed by atoms with Crippen LogP contribution in [0.5, 0.6) is 0 Å². The molecule has 2 heterocycles. The average Bonchev–Trinajstić information content (AvgIpc) is 3.10. The molecule has 0 radical (unpaired) electrons. The minimum Gasteiger partial charge on any atom is -0.396 e. The fraction of sp³-hybridized carbons (Fsp3) is 0.348. The summed E-state index contributed by atoms with van der Waals surface area (Å²) in [6.45, 7) is 4.06. The Bertz CT molecular complexity index is 952. The average molecular weight is 379 g/mol. The van der Waals surface area contributed by atoms with Crippen LogP contribution in [0.4, 0.5) is 10.2 Å². The molecule has 1 unspecified atom stereocenters. The first kappa shape index (κ1) is 18.7. The van der Waals surface area contributed by atoms with Crippen molar-refractivity contribution in [1.82, 2.24) is 9.78 Å². The van der Waals surface area contributed by atoms with Crippen LogP contribution in [-0.4, -0.2) is 28.0 Å². The molecule has 0 amide bonds. The lowest BCUT2D eigenvalue weighted by atomic mass is 9.91. The van der Waals surface area contributed by atoms with Gasteiger partial charge in [0.2, 0.25) is 0 Å². The van der Waals surface area contributed by atoms with Gasteiger partial charge < -0.3 is 10.4 Å². The highest BCUT2D eigenvalue weighted by Crippen LogP contribution is 2.34. The van der Waals surface area contributed by atoms with Crippen LogP contribution >= 0.6 is 0 Å². The number of nitrogens with zero attached hydrogens (tertiary/aromatic N) is 2. The van der Waals surface area contributed by atoms with Gasteiger partial charge in [-0.1, -0.05) is 49.4 Å². The van der Waals surface area contributed by atoms with Crippen molar-refractivity contribution in [2.75, 3.05) is 18.5 Å². The zero-order chi connectivity index (χ0) is 19.5. The Morgan fingerprint density at radius 3 is 2.79 bits per heavy atom. The molecule has 0 fully saturated rings. The third-order valence-corrected chi connectivity index (χ3v) is 5.49. The summed E-state index contributed by atoms with van der Waals surface area (Å²) < 4.78 is 16.9. The van der Waals surface area contributed by atoms with Crippen LogP contribution in [0, 0.1) is 5.82 Å². The van der Waals surface area contributed by atoms with E-state index in [9.17, 15) is 9.50 Å². The molecule has 2 aromatic carbocycles. The molecule has 4 rings (SSSR count). The molecular weight excluding hydrogens is 353 g/mol. The fourth-order valence-corrected chi connectivity index (χ4v) is 3.97. The van der Waals surface area contributed by atoms with Crippen molar-refractivity contribution in [1.29, 1.82) is 0 Å². The van der Waals surface area contributed by atoms with Crippen molar-refractivity contribution >= 4 is 5.82 Å². The Morgan fingerprint density at radius 1 is 1.21 bits per heavy atom. The summed E-state index contributed by atoms with van der Waals surface area (Å²) >= 11 is 0. The van der Waals surface area contributed by atoms with E-state index >= 15 is 0 Å². The van der Waals surface area contributed by atoms with Crippen LogP contribution in [0.2, 0.25) is 0 Å². The number of rotatable bonds is 6. The largest absolute Gasteiger partial charge is 0.396 e. The predicted octanol–water partition coefficient (Wildman–Crippen LogP) is 4.58. The van der Waals surface area contributed by atoms with Gasteiger partial charge in [0, 0.05) is 36.7 Å². The molecule has 1 atom stereocenters. The van der Waals surface area contributed by atoms with E-state index in [4.69, 9.17) is 5.10 Å². The van der Waals surface area contributed by atoms with Crippen LogP contribution in [0.25, 0.3) is 11.1 Å². The summed E-state index contributed by atoms with van der Waals surface area (Å²) in [5.74, 6) is 0.824. The van der Waals surface area contributed by atoms with Crippen LogP contribution < -0.4 is 5.32 Å². The number of aryl methyl sites for hydroxylation is 1. The van der Waals surface area contributed by atoms with Gasteiger partial charge in [0.15, 0.2) is 0 Å². The molecule has 0 spiro atoms. The number of hydrogen-bond donors (Lipinski definition) is 2. The molecule has 4 nitrogen and oxygen atoms in total. The molecule has 0 saturated carbocycles. The quantitative estimate of drug-likeness (QED) is 0.659. The summed E-state index contributed by atoms with van der Waals surface area (Å²) in [5.41, 5.74) is 4.53. The zero-order valence-electron chi connectivity index (χ0n) is 16.2. The number of benzene rings is 2. The first-order valence-corrected chi connectivity index (χ1v) is 9.98. The molecule has 1 aromatic heterocycles. The summed E-state index contributed by atoms with van der Waals surface area (Å²) in [7, 11) is 0. The number of hydrogen-bond acceptors (Lipinski definition) is 3. The Labute approximate surface area is 165 Å². The zero-order valence-corrected chi connectivity index (χ0v) is 16.2. The lowest BCUT2D eigenvalue weighted by Gasteiger charge is -2.17. The maximum absolute atomic E-state index is 14.9. The first-order valence-electron chi connectivity index (χ1n) is 9.98. The normalized spacial score (nSPS) is 14.4. The molecule has 28 heavy (non-hydrogen) atoms. The van der Waals surface area contributed by atoms with Crippen LogP contribution in [-0.2, 0) is 13.0 Å². The summed E-state index contributed by atoms with van der Waals surface area (Å²) in [6.07, 6.45) is 2.51. The molecule has 0 bridgehead atoms. The van der Waals surface area contributed by atoms with Gasteiger partial charge in [-0.2, -0.15) is 5.10 Å². The van der Waals surface area contributed by atoms with Crippen molar-refractivity contribution in [3.63, 3.8) is 0 Å². The van der Waals surface area contributed by atoms with E-state index in [1.807, 2.05) is 47.1 Å². The third-order valence-electron chi connectivity index (χ3n) is 5.49. The summed E-state index contributed by atoms with van der Waals surface area (Å²) in [4.78, 5) is 0. The minimum atomic E-state index is -0.213. The van der Waals surface area contributed by atoms with Crippen molar-refractivity contribution in [3.8, 4) is 11.1 Å². The molecule has 3 aromatic rings. The number of nitrogens with one attached hydrogen (secondary N) is 1. The highest BCUT2D eigenvalue weighted by Gasteiger charge is 2.24. The van der Waals surface area contributed by atoms with Crippen molar-refractivity contribution in [3.05, 3.63) is 71.2 Å². The SMILES string of the molecule is CC(c1ccc(-c2ccccc2)c(F)c1)c1nn2c(c1CCCO)NCCC2. The second kappa shape index (κ2) is 8.15. The van der Waals surface area contributed by atoms with Gasteiger partial charge in [0.1, 0.15) is 11.6 Å². The van der Waals surface area contributed by atoms with Crippen LogP contribution in [0.1, 0.15) is 42.5 Å². The van der Waals surface area contributed by atoms with Crippen LogP contribution in [0.3, 0.4) is 0 Å². The van der Waals surface area contributed by atoms with Crippen molar-refractivity contribution < 1.29 is 9.50 Å². The predicted molar refractivity (Wildman–Crippen MR) is 110 cm³/mol. The molecule has 5 heteroatoms. The number of aromatic nitrogens is 2. The topological polar surface area (TPSA) is 50.1 Å². The highest BCUT2D eigenvalue weighted by atomic mass is 19.1. The van der Waals surface area contributed by atoms with Crippen molar-refractivity contribution in [2.45, 2.75) is 38.6 Å². The second-order valence-corrected chi connectivity index (χ2v) is 7.37.